The number of aryl methyl sites for hydroxylation is 2. The number of carbonyl (C=O) groups excluding carboxylic acids is 1. The Morgan fingerprint density at radius 3 is 2.50 bits per heavy atom. The number of hydrogen-bond acceptors (Lipinski definition) is 4. The molecule has 0 unspecified atom stereocenters. The lowest BCUT2D eigenvalue weighted by atomic mass is 9.95. The number of aromatic nitrogens is 5. The van der Waals surface area contributed by atoms with Gasteiger partial charge in [-0.3, -0.25) is 14.2 Å². The number of hydrogen-bond donors (Lipinski definition) is 0. The molecule has 7 nitrogen and oxygen atoms in total. The molecule has 0 radical (unpaired) electrons. The smallest absolute Gasteiger partial charge is 0.256 e. The predicted molar refractivity (Wildman–Crippen MR) is 110 cm³/mol. The zero-order valence-electron chi connectivity index (χ0n) is 17.6. The predicted octanol–water partition coefficient (Wildman–Crippen LogP) is 3.55. The first-order chi connectivity index (χ1) is 15.3. The SMILES string of the molecule is C[C@H]1c2nn(C)c(-c3cc(F)c(F)c(F)c3)c2CCN1C(=O)c1cnc2c(cnn2C)c1. The van der Waals surface area contributed by atoms with E-state index in [4.69, 9.17) is 0 Å². The zero-order chi connectivity index (χ0) is 22.7. The van der Waals surface area contributed by atoms with Gasteiger partial charge in [0, 0.05) is 43.4 Å². The molecule has 0 saturated carbocycles. The van der Waals surface area contributed by atoms with E-state index in [1.165, 1.54) is 10.9 Å². The minimum absolute atomic E-state index is 0.188. The molecule has 4 heterocycles. The van der Waals surface area contributed by atoms with Crippen LogP contribution in [0.25, 0.3) is 22.3 Å². The Kier molecular flexibility index (Phi) is 4.54. The molecular formula is C22H19F3N6O. The van der Waals surface area contributed by atoms with Crippen molar-refractivity contribution in [2.24, 2.45) is 14.1 Å². The summed E-state index contributed by atoms with van der Waals surface area (Å²) < 4.78 is 44.2. The molecule has 32 heavy (non-hydrogen) atoms. The lowest BCUT2D eigenvalue weighted by Crippen LogP contribution is -2.39. The van der Waals surface area contributed by atoms with Crippen molar-refractivity contribution >= 4 is 16.9 Å². The van der Waals surface area contributed by atoms with Gasteiger partial charge >= 0.3 is 0 Å². The average Bonchev–Trinajstić information content (AvgIpc) is 3.31. The number of fused-ring (bicyclic) bond motifs is 2. The first-order valence-corrected chi connectivity index (χ1v) is 10.1. The van der Waals surface area contributed by atoms with Crippen molar-refractivity contribution in [3.63, 3.8) is 0 Å². The van der Waals surface area contributed by atoms with Gasteiger partial charge in [0.05, 0.1) is 29.2 Å². The van der Waals surface area contributed by atoms with Gasteiger partial charge in [-0.2, -0.15) is 10.2 Å². The number of carbonyl (C=O) groups is 1. The summed E-state index contributed by atoms with van der Waals surface area (Å²) in [5.74, 6) is -4.20. The highest BCUT2D eigenvalue weighted by Gasteiger charge is 2.34. The van der Waals surface area contributed by atoms with Crippen molar-refractivity contribution in [1.29, 1.82) is 0 Å². The van der Waals surface area contributed by atoms with Crippen molar-refractivity contribution in [2.75, 3.05) is 6.54 Å². The molecule has 0 spiro atoms. The molecule has 1 aromatic carbocycles. The Morgan fingerprint density at radius 2 is 1.78 bits per heavy atom. The molecule has 3 aromatic heterocycles. The van der Waals surface area contributed by atoms with E-state index in [0.29, 0.717) is 35.6 Å². The first-order valence-electron chi connectivity index (χ1n) is 10.1. The maximum Gasteiger partial charge on any atom is 0.256 e. The summed E-state index contributed by atoms with van der Waals surface area (Å²) in [6.07, 6.45) is 3.63. The summed E-state index contributed by atoms with van der Waals surface area (Å²) >= 11 is 0. The third kappa shape index (κ3) is 2.97. The molecule has 164 valence electrons. The standard InChI is InChI=1S/C22H19F3N6O/c1-11-19-15(20(29(2)28-19)12-7-16(23)18(25)17(24)8-12)4-5-31(11)22(32)14-6-13-10-27-30(3)21(13)26-9-14/h6-11H,4-5H2,1-3H3/t11-/m0/s1. The Bertz CT molecular complexity index is 1370. The van der Waals surface area contributed by atoms with E-state index in [2.05, 4.69) is 15.2 Å². The lowest BCUT2D eigenvalue weighted by Gasteiger charge is -2.33. The maximum atomic E-state index is 13.8. The molecule has 0 N–H and O–H groups in total. The van der Waals surface area contributed by atoms with Gasteiger partial charge < -0.3 is 4.90 Å². The van der Waals surface area contributed by atoms with E-state index in [0.717, 1.165) is 23.1 Å². The molecule has 0 aliphatic carbocycles. The number of benzene rings is 1. The van der Waals surface area contributed by atoms with Crippen LogP contribution in [-0.4, -0.2) is 41.9 Å². The van der Waals surface area contributed by atoms with Crippen LogP contribution in [0.3, 0.4) is 0 Å². The maximum absolute atomic E-state index is 13.8. The van der Waals surface area contributed by atoms with Crippen molar-refractivity contribution in [1.82, 2.24) is 29.4 Å². The van der Waals surface area contributed by atoms with Gasteiger partial charge in [0.15, 0.2) is 23.1 Å². The van der Waals surface area contributed by atoms with E-state index >= 15 is 0 Å². The summed E-state index contributed by atoms with van der Waals surface area (Å²) in [6, 6.07) is 3.32. The van der Waals surface area contributed by atoms with E-state index in [1.54, 1.807) is 35.9 Å². The van der Waals surface area contributed by atoms with E-state index in [9.17, 15) is 18.0 Å². The summed E-state index contributed by atoms with van der Waals surface area (Å²) in [6.45, 7) is 2.25. The van der Waals surface area contributed by atoms with E-state index < -0.39 is 17.5 Å². The van der Waals surface area contributed by atoms with Crippen molar-refractivity contribution in [3.05, 3.63) is 64.9 Å². The molecule has 1 aliphatic rings. The fourth-order valence-electron chi connectivity index (χ4n) is 4.40. The summed E-state index contributed by atoms with van der Waals surface area (Å²) in [5, 5.41) is 9.44. The van der Waals surface area contributed by atoms with Crippen LogP contribution >= 0.6 is 0 Å². The number of amides is 1. The van der Waals surface area contributed by atoms with Gasteiger partial charge in [0.2, 0.25) is 0 Å². The highest BCUT2D eigenvalue weighted by atomic mass is 19.2. The minimum Gasteiger partial charge on any atom is -0.330 e. The first kappa shape index (κ1) is 20.2. The quantitative estimate of drug-likeness (QED) is 0.447. The highest BCUT2D eigenvalue weighted by Crippen LogP contribution is 2.36. The van der Waals surface area contributed by atoms with Gasteiger partial charge in [-0.25, -0.2) is 18.2 Å². The van der Waals surface area contributed by atoms with Crippen LogP contribution in [0, 0.1) is 17.5 Å². The average molecular weight is 440 g/mol. The molecule has 0 saturated heterocycles. The van der Waals surface area contributed by atoms with Gasteiger partial charge in [-0.15, -0.1) is 0 Å². The van der Waals surface area contributed by atoms with Gasteiger partial charge in [0.25, 0.3) is 5.91 Å². The molecular weight excluding hydrogens is 421 g/mol. The van der Waals surface area contributed by atoms with Crippen LogP contribution < -0.4 is 0 Å². The molecule has 0 bridgehead atoms. The summed E-state index contributed by atoms with van der Waals surface area (Å²) in [7, 11) is 3.44. The molecule has 10 heteroatoms. The number of halogens is 3. The van der Waals surface area contributed by atoms with Crippen molar-refractivity contribution in [3.8, 4) is 11.3 Å². The van der Waals surface area contributed by atoms with Crippen LogP contribution in [0.1, 0.15) is 34.6 Å². The van der Waals surface area contributed by atoms with Crippen LogP contribution in [-0.2, 0) is 20.5 Å². The Morgan fingerprint density at radius 1 is 1.06 bits per heavy atom. The summed E-state index contributed by atoms with van der Waals surface area (Å²) in [4.78, 5) is 19.3. The van der Waals surface area contributed by atoms with E-state index in [-0.39, 0.29) is 17.5 Å². The van der Waals surface area contributed by atoms with Crippen LogP contribution in [0.4, 0.5) is 13.2 Å². The normalized spacial score (nSPS) is 15.9. The number of pyridine rings is 1. The van der Waals surface area contributed by atoms with E-state index in [1.807, 2.05) is 6.92 Å². The van der Waals surface area contributed by atoms with Crippen LogP contribution in [0.15, 0.2) is 30.6 Å². The van der Waals surface area contributed by atoms with Gasteiger partial charge in [0.1, 0.15) is 0 Å². The Hall–Kier alpha value is -3.69. The van der Waals surface area contributed by atoms with Crippen LogP contribution in [0.5, 0.6) is 0 Å². The largest absolute Gasteiger partial charge is 0.330 e. The molecule has 0 fully saturated rings. The fraction of sp³-hybridized carbons (Fsp3) is 0.273. The lowest BCUT2D eigenvalue weighted by molar-refractivity contribution is 0.0673. The number of nitrogens with zero attached hydrogens (tertiary/aromatic N) is 6. The monoisotopic (exact) mass is 440 g/mol. The third-order valence-corrected chi connectivity index (χ3v) is 5.98. The molecule has 1 atom stereocenters. The minimum atomic E-state index is -1.51. The second-order valence-corrected chi connectivity index (χ2v) is 7.92. The zero-order valence-corrected chi connectivity index (χ0v) is 17.6. The summed E-state index contributed by atoms with van der Waals surface area (Å²) in [5.41, 5.74) is 3.27. The van der Waals surface area contributed by atoms with Crippen LogP contribution in [0.2, 0.25) is 0 Å². The van der Waals surface area contributed by atoms with Gasteiger partial charge in [-0.05, 0) is 31.5 Å². The number of rotatable bonds is 2. The Labute approximate surface area is 181 Å². The second-order valence-electron chi connectivity index (χ2n) is 7.92. The molecule has 1 aliphatic heterocycles. The second kappa shape index (κ2) is 7.18. The molecule has 4 aromatic rings. The van der Waals surface area contributed by atoms with Gasteiger partial charge in [-0.1, -0.05) is 0 Å². The molecule has 5 rings (SSSR count). The topological polar surface area (TPSA) is 68.8 Å². The Balaban J connectivity index is 1.50. The van der Waals surface area contributed by atoms with Crippen molar-refractivity contribution in [2.45, 2.75) is 19.4 Å². The fourth-order valence-corrected chi connectivity index (χ4v) is 4.40. The third-order valence-electron chi connectivity index (χ3n) is 5.98. The van der Waals surface area contributed by atoms with Crippen molar-refractivity contribution < 1.29 is 18.0 Å². The molecule has 1 amide bonds. The highest BCUT2D eigenvalue weighted by molar-refractivity contribution is 5.97.